The van der Waals surface area contributed by atoms with Gasteiger partial charge in [-0.3, -0.25) is 14.4 Å². The van der Waals surface area contributed by atoms with Crippen molar-refractivity contribution < 1.29 is 19.1 Å². The molecule has 0 saturated carbocycles. The van der Waals surface area contributed by atoms with E-state index < -0.39 is 8.11 Å². The summed E-state index contributed by atoms with van der Waals surface area (Å²) in [5, 5.41) is 5.05. The van der Waals surface area contributed by atoms with Crippen molar-refractivity contribution in [2.75, 3.05) is 13.1 Å². The molecule has 0 spiro atoms. The predicted molar refractivity (Wildman–Crippen MR) is 81.1 cm³/mol. The van der Waals surface area contributed by atoms with Crippen LogP contribution in [0.2, 0.25) is 0 Å². The lowest BCUT2D eigenvalue weighted by Gasteiger charge is -2.12. The first kappa shape index (κ1) is 18.6. The van der Waals surface area contributed by atoms with Crippen LogP contribution in [-0.2, 0) is 19.1 Å². The number of alkyl halides is 3. The van der Waals surface area contributed by atoms with Gasteiger partial charge in [0, 0.05) is 19.5 Å². The van der Waals surface area contributed by atoms with Crippen LogP contribution < -0.4 is 10.6 Å². The molecule has 0 aromatic rings. The van der Waals surface area contributed by atoms with Crippen molar-refractivity contribution in [2.24, 2.45) is 0 Å². The van der Waals surface area contributed by atoms with E-state index in [0.29, 0.717) is 0 Å². The molecule has 0 atom stereocenters. The van der Waals surface area contributed by atoms with E-state index in [9.17, 15) is 14.4 Å². The summed E-state index contributed by atoms with van der Waals surface area (Å²) in [5.41, 5.74) is 0. The van der Waals surface area contributed by atoms with Crippen LogP contribution in [0.3, 0.4) is 0 Å². The minimum absolute atomic E-state index is 0.0669. The largest absolute Gasteiger partial charge is 0.435 e. The summed E-state index contributed by atoms with van der Waals surface area (Å²) < 4.78 is 3.44. The van der Waals surface area contributed by atoms with Crippen molar-refractivity contribution in [3.05, 3.63) is 12.8 Å². The van der Waals surface area contributed by atoms with Gasteiger partial charge in [-0.15, -0.1) is 0 Å². The molecule has 0 aromatic heterocycles. The molecule has 0 fully saturated rings. The average molecular weight is 465 g/mol. The summed E-state index contributed by atoms with van der Waals surface area (Å²) in [6.07, 6.45) is 1.22. The third-order valence-corrected chi connectivity index (χ3v) is 2.84. The molecular formula is C10H13Br3N2O4. The zero-order chi connectivity index (χ0) is 14.9. The third-order valence-electron chi connectivity index (χ3n) is 1.76. The molecule has 0 aliphatic rings. The Hall–Kier alpha value is -0.410. The first-order valence-corrected chi connectivity index (χ1v) is 7.57. The van der Waals surface area contributed by atoms with Crippen LogP contribution in [0.25, 0.3) is 0 Å². The molecule has 2 N–H and O–H groups in total. The molecule has 6 nitrogen and oxygen atoms in total. The predicted octanol–water partition coefficient (Wildman–Crippen LogP) is 1.52. The lowest BCUT2D eigenvalue weighted by molar-refractivity contribution is -0.137. The number of ether oxygens (including phenoxy) is 1. The van der Waals surface area contributed by atoms with E-state index in [1.165, 1.54) is 0 Å². The number of esters is 1. The fourth-order valence-corrected chi connectivity index (χ4v) is 1.35. The first-order valence-electron chi connectivity index (χ1n) is 5.19. The zero-order valence-electron chi connectivity index (χ0n) is 9.88. The van der Waals surface area contributed by atoms with E-state index in [0.717, 1.165) is 6.26 Å². The van der Waals surface area contributed by atoms with Crippen LogP contribution in [0.4, 0.5) is 0 Å². The first-order chi connectivity index (χ1) is 8.77. The van der Waals surface area contributed by atoms with Crippen LogP contribution in [0, 0.1) is 0 Å². The number of amides is 2. The summed E-state index contributed by atoms with van der Waals surface area (Å²) in [7, 11) is 0. The van der Waals surface area contributed by atoms with E-state index in [1.54, 1.807) is 0 Å². The Bertz CT molecular complexity index is 355. The zero-order valence-corrected chi connectivity index (χ0v) is 14.6. The topological polar surface area (TPSA) is 84.5 Å². The van der Waals surface area contributed by atoms with Gasteiger partial charge >= 0.3 is 5.97 Å². The van der Waals surface area contributed by atoms with Gasteiger partial charge in [0.25, 0.3) is 5.91 Å². The average Bonchev–Trinajstić information content (AvgIpc) is 2.27. The Morgan fingerprint density at radius 3 is 2.21 bits per heavy atom. The maximum absolute atomic E-state index is 11.4. The summed E-state index contributed by atoms with van der Waals surface area (Å²) in [4.78, 5) is 33.6. The Morgan fingerprint density at radius 1 is 1.11 bits per heavy atom. The molecule has 0 heterocycles. The molecule has 0 bridgehead atoms. The van der Waals surface area contributed by atoms with Crippen molar-refractivity contribution in [2.45, 2.75) is 15.0 Å². The van der Waals surface area contributed by atoms with E-state index in [4.69, 9.17) is 0 Å². The van der Waals surface area contributed by atoms with Gasteiger partial charge in [0.1, 0.15) is 0 Å². The van der Waals surface area contributed by atoms with Crippen LogP contribution in [-0.4, -0.2) is 33.0 Å². The summed E-state index contributed by atoms with van der Waals surface area (Å²) in [5.74, 6) is -1.09. The van der Waals surface area contributed by atoms with Gasteiger partial charge in [0.15, 0.2) is 0 Å². The molecule has 0 rings (SSSR count). The van der Waals surface area contributed by atoms with Gasteiger partial charge in [0.2, 0.25) is 8.05 Å². The Kier molecular flexibility index (Phi) is 9.28. The molecule has 0 aliphatic heterocycles. The maximum atomic E-state index is 11.4. The van der Waals surface area contributed by atoms with E-state index in [2.05, 4.69) is 69.7 Å². The Morgan fingerprint density at radius 2 is 1.68 bits per heavy atom. The number of halogens is 3. The molecule has 9 heteroatoms. The minimum Gasteiger partial charge on any atom is -0.435 e. The highest BCUT2D eigenvalue weighted by molar-refractivity contribution is 9.40. The number of hydrogen-bond donors (Lipinski definition) is 2. The SMILES string of the molecule is C=COC(=O)CCNC(=O)CCNC(=O)C(Br)(Br)Br. The van der Waals surface area contributed by atoms with Crippen LogP contribution in [0.5, 0.6) is 0 Å². The highest BCUT2D eigenvalue weighted by Crippen LogP contribution is 2.33. The van der Waals surface area contributed by atoms with Crippen LogP contribution in [0.1, 0.15) is 12.8 Å². The second-order valence-corrected chi connectivity index (χ2v) is 10.0. The molecule has 0 unspecified atom stereocenters. The number of rotatable bonds is 7. The molecule has 0 aromatic carbocycles. The smallest absolute Gasteiger partial charge is 0.312 e. The fraction of sp³-hybridized carbons (Fsp3) is 0.500. The van der Waals surface area contributed by atoms with E-state index in [1.807, 2.05) is 0 Å². The van der Waals surface area contributed by atoms with Gasteiger partial charge in [-0.1, -0.05) is 6.58 Å². The lowest BCUT2D eigenvalue weighted by Crippen LogP contribution is -2.36. The monoisotopic (exact) mass is 462 g/mol. The van der Waals surface area contributed by atoms with E-state index in [-0.39, 0.29) is 37.7 Å². The van der Waals surface area contributed by atoms with Crippen molar-refractivity contribution in [3.63, 3.8) is 0 Å². The van der Waals surface area contributed by atoms with Gasteiger partial charge in [-0.25, -0.2) is 0 Å². The van der Waals surface area contributed by atoms with Crippen molar-refractivity contribution >= 4 is 65.6 Å². The molecule has 0 radical (unpaired) electrons. The van der Waals surface area contributed by atoms with Crippen LogP contribution >= 0.6 is 47.8 Å². The van der Waals surface area contributed by atoms with Crippen LogP contribution in [0.15, 0.2) is 12.8 Å². The molecule has 0 aliphatic carbocycles. The van der Waals surface area contributed by atoms with Crippen molar-refractivity contribution in [3.8, 4) is 0 Å². The molecule has 0 saturated heterocycles. The standard InChI is InChI=1S/C10H13Br3N2O4/c1-2-19-8(17)4-6-14-7(16)3-5-15-9(18)10(11,12)13/h2H,1,3-6H2,(H,14,16)(H,15,18). The Labute approximate surface area is 136 Å². The number of nitrogens with one attached hydrogen (secondary N) is 2. The summed E-state index contributed by atoms with van der Waals surface area (Å²) >= 11 is 9.14. The van der Waals surface area contributed by atoms with Crippen molar-refractivity contribution in [1.29, 1.82) is 0 Å². The van der Waals surface area contributed by atoms with Gasteiger partial charge in [-0.05, 0) is 47.8 Å². The molecule has 108 valence electrons. The fourth-order valence-electron chi connectivity index (χ4n) is 0.934. The molecule has 2 amide bonds. The second kappa shape index (κ2) is 9.49. The number of carbonyl (C=O) groups excluding carboxylic acids is 3. The Balaban J connectivity index is 3.69. The normalized spacial score (nSPS) is 10.5. The highest BCUT2D eigenvalue weighted by Gasteiger charge is 2.27. The highest BCUT2D eigenvalue weighted by atomic mass is 80.0. The third kappa shape index (κ3) is 10.1. The van der Waals surface area contributed by atoms with Gasteiger partial charge in [-0.2, -0.15) is 0 Å². The molecule has 19 heavy (non-hydrogen) atoms. The number of hydrogen-bond acceptors (Lipinski definition) is 4. The van der Waals surface area contributed by atoms with E-state index >= 15 is 0 Å². The quantitative estimate of drug-likeness (QED) is 0.340. The summed E-state index contributed by atoms with van der Waals surface area (Å²) in [6.45, 7) is 3.60. The maximum Gasteiger partial charge on any atom is 0.312 e. The molecular weight excluding hydrogens is 452 g/mol. The van der Waals surface area contributed by atoms with Gasteiger partial charge < -0.3 is 15.4 Å². The minimum atomic E-state index is -1.03. The summed E-state index contributed by atoms with van der Waals surface area (Å²) in [6, 6.07) is 0. The van der Waals surface area contributed by atoms with Gasteiger partial charge in [0.05, 0.1) is 12.7 Å². The lowest BCUT2D eigenvalue weighted by atomic mass is 10.3. The van der Waals surface area contributed by atoms with Crippen molar-refractivity contribution in [1.82, 2.24) is 10.6 Å². The second-order valence-electron chi connectivity index (χ2n) is 3.26. The number of carbonyl (C=O) groups is 3.